The maximum absolute atomic E-state index is 13.7. The van der Waals surface area contributed by atoms with Crippen LogP contribution in [0.2, 0.25) is 0 Å². The maximum atomic E-state index is 13.7. The number of nitriles is 1. The zero-order valence-corrected chi connectivity index (χ0v) is 13.3. The summed E-state index contributed by atoms with van der Waals surface area (Å²) >= 11 is 0. The number of rotatable bonds is 4. The molecule has 1 aliphatic rings. The van der Waals surface area contributed by atoms with Gasteiger partial charge in [0.05, 0.1) is 11.6 Å². The molecule has 6 nitrogen and oxygen atoms in total. The zero-order valence-electron chi connectivity index (χ0n) is 13.3. The number of carbonyl (C=O) groups is 2. The number of hydrogen-bond donors (Lipinski definition) is 1. The summed E-state index contributed by atoms with van der Waals surface area (Å²) in [5.41, 5.74) is -0.446. The van der Waals surface area contributed by atoms with Crippen molar-refractivity contribution >= 4 is 17.5 Å². The molecule has 1 aromatic carbocycles. The van der Waals surface area contributed by atoms with Crippen molar-refractivity contribution in [3.63, 3.8) is 0 Å². The number of amides is 2. The molecule has 0 bridgehead atoms. The van der Waals surface area contributed by atoms with Crippen LogP contribution in [-0.4, -0.2) is 54.3 Å². The molecule has 0 aromatic heterocycles. The van der Waals surface area contributed by atoms with Gasteiger partial charge in [-0.3, -0.25) is 9.59 Å². The Bertz CT molecular complexity index is 656. The van der Waals surface area contributed by atoms with E-state index in [4.69, 9.17) is 5.26 Å². The quantitative estimate of drug-likeness (QED) is 0.900. The molecule has 0 aliphatic carbocycles. The van der Waals surface area contributed by atoms with E-state index in [2.05, 4.69) is 5.32 Å². The first-order chi connectivity index (χ1) is 11.4. The molecule has 1 fully saturated rings. The molecule has 1 N–H and O–H groups in total. The minimum Gasteiger partial charge on any atom is -0.380 e. The number of carbonyl (C=O) groups excluding carboxylic acids is 2. The molecular formula is C16H18F2N4O2. The van der Waals surface area contributed by atoms with Crippen molar-refractivity contribution in [2.24, 2.45) is 0 Å². The van der Waals surface area contributed by atoms with Crippen molar-refractivity contribution in [3.05, 3.63) is 29.3 Å². The molecule has 8 heteroatoms. The number of anilines is 1. The molecule has 0 saturated carbocycles. The van der Waals surface area contributed by atoms with Crippen LogP contribution in [0.5, 0.6) is 0 Å². The first kappa shape index (κ1) is 17.7. The van der Waals surface area contributed by atoms with Crippen molar-refractivity contribution in [2.45, 2.75) is 13.3 Å². The lowest BCUT2D eigenvalue weighted by molar-refractivity contribution is -0.138. The molecule has 24 heavy (non-hydrogen) atoms. The predicted octanol–water partition coefficient (Wildman–Crippen LogP) is 1.33. The van der Waals surface area contributed by atoms with Gasteiger partial charge >= 0.3 is 0 Å². The molecular weight excluding hydrogens is 318 g/mol. The van der Waals surface area contributed by atoms with E-state index < -0.39 is 11.6 Å². The van der Waals surface area contributed by atoms with E-state index in [0.717, 1.165) is 12.1 Å². The second-order valence-corrected chi connectivity index (χ2v) is 5.49. The lowest BCUT2D eigenvalue weighted by atomic mass is 10.2. The van der Waals surface area contributed by atoms with Gasteiger partial charge in [0.1, 0.15) is 5.69 Å². The molecule has 0 atom stereocenters. The summed E-state index contributed by atoms with van der Waals surface area (Å²) in [5.74, 6) is -1.89. The molecule has 2 rings (SSSR count). The Kier molecular flexibility index (Phi) is 5.68. The van der Waals surface area contributed by atoms with Crippen LogP contribution in [0.25, 0.3) is 0 Å². The van der Waals surface area contributed by atoms with Gasteiger partial charge in [-0.25, -0.2) is 8.78 Å². The van der Waals surface area contributed by atoms with Crippen LogP contribution >= 0.6 is 0 Å². The highest BCUT2D eigenvalue weighted by molar-refractivity contribution is 5.78. The summed E-state index contributed by atoms with van der Waals surface area (Å²) < 4.78 is 27.4. The highest BCUT2D eigenvalue weighted by atomic mass is 19.1. The Balaban J connectivity index is 1.84. The van der Waals surface area contributed by atoms with Crippen molar-refractivity contribution in [1.29, 1.82) is 5.26 Å². The van der Waals surface area contributed by atoms with Gasteiger partial charge < -0.3 is 15.1 Å². The molecule has 1 saturated heterocycles. The van der Waals surface area contributed by atoms with Gasteiger partial charge in [0, 0.05) is 46.1 Å². The Morgan fingerprint density at radius 1 is 1.17 bits per heavy atom. The average Bonchev–Trinajstić information content (AvgIpc) is 2.56. The zero-order chi connectivity index (χ0) is 17.7. The molecule has 1 heterocycles. The minimum atomic E-state index is -0.867. The standard InChI is InChI=1S/C16H18F2N4O2/c1-11(23)21-4-6-22(7-5-21)15(24)2-3-20-16-13(17)8-12(10-19)9-14(16)18/h8-9,20H,2-7H2,1H3. The Labute approximate surface area is 138 Å². The second-order valence-electron chi connectivity index (χ2n) is 5.49. The summed E-state index contributed by atoms with van der Waals surface area (Å²) in [4.78, 5) is 26.6. The van der Waals surface area contributed by atoms with E-state index in [1.807, 2.05) is 0 Å². The minimum absolute atomic E-state index is 0.0180. The van der Waals surface area contributed by atoms with E-state index in [9.17, 15) is 18.4 Å². The van der Waals surface area contributed by atoms with Crippen LogP contribution in [0, 0.1) is 23.0 Å². The highest BCUT2D eigenvalue weighted by Crippen LogP contribution is 2.20. The SMILES string of the molecule is CC(=O)N1CCN(C(=O)CCNc2c(F)cc(C#N)cc2F)CC1. The second kappa shape index (κ2) is 7.73. The summed E-state index contributed by atoms with van der Waals surface area (Å²) in [5, 5.41) is 11.2. The topological polar surface area (TPSA) is 76.4 Å². The highest BCUT2D eigenvalue weighted by Gasteiger charge is 2.22. The summed E-state index contributed by atoms with van der Waals surface area (Å²) in [6.07, 6.45) is 0.0823. The fourth-order valence-corrected chi connectivity index (χ4v) is 2.53. The number of nitrogens with zero attached hydrogens (tertiary/aromatic N) is 3. The van der Waals surface area contributed by atoms with Gasteiger partial charge in [-0.15, -0.1) is 0 Å². The fourth-order valence-electron chi connectivity index (χ4n) is 2.53. The Morgan fingerprint density at radius 3 is 2.21 bits per heavy atom. The molecule has 128 valence electrons. The van der Waals surface area contributed by atoms with Gasteiger partial charge in [-0.05, 0) is 12.1 Å². The van der Waals surface area contributed by atoms with Crippen LogP contribution in [0.4, 0.5) is 14.5 Å². The van der Waals surface area contributed by atoms with Crippen LogP contribution in [0.15, 0.2) is 12.1 Å². The van der Waals surface area contributed by atoms with Gasteiger partial charge in [-0.1, -0.05) is 0 Å². The third-order valence-corrected chi connectivity index (χ3v) is 3.89. The third-order valence-electron chi connectivity index (χ3n) is 3.89. The molecule has 1 aromatic rings. The lowest BCUT2D eigenvalue weighted by Gasteiger charge is -2.34. The van der Waals surface area contributed by atoms with E-state index in [1.54, 1.807) is 15.9 Å². The number of halogens is 2. The van der Waals surface area contributed by atoms with Crippen molar-refractivity contribution in [2.75, 3.05) is 38.0 Å². The number of piperazine rings is 1. The van der Waals surface area contributed by atoms with Gasteiger partial charge in [0.2, 0.25) is 11.8 Å². The Morgan fingerprint density at radius 2 is 1.71 bits per heavy atom. The van der Waals surface area contributed by atoms with Crippen molar-refractivity contribution < 1.29 is 18.4 Å². The smallest absolute Gasteiger partial charge is 0.224 e. The first-order valence-electron chi connectivity index (χ1n) is 7.58. The molecule has 0 spiro atoms. The third kappa shape index (κ3) is 4.19. The predicted molar refractivity (Wildman–Crippen MR) is 83.0 cm³/mol. The van der Waals surface area contributed by atoms with Gasteiger partial charge in [0.15, 0.2) is 11.6 Å². The van der Waals surface area contributed by atoms with Crippen molar-refractivity contribution in [3.8, 4) is 6.07 Å². The normalized spacial score (nSPS) is 14.2. The largest absolute Gasteiger partial charge is 0.380 e. The van der Waals surface area contributed by atoms with E-state index in [1.165, 1.54) is 6.92 Å². The van der Waals surface area contributed by atoms with E-state index in [0.29, 0.717) is 26.2 Å². The van der Waals surface area contributed by atoms with Crippen LogP contribution in [0.3, 0.4) is 0 Å². The van der Waals surface area contributed by atoms with Crippen LogP contribution < -0.4 is 5.32 Å². The first-order valence-corrected chi connectivity index (χ1v) is 7.58. The number of benzene rings is 1. The number of hydrogen-bond acceptors (Lipinski definition) is 4. The summed E-state index contributed by atoms with van der Waals surface area (Å²) in [7, 11) is 0. The molecule has 1 aliphatic heterocycles. The maximum Gasteiger partial charge on any atom is 0.224 e. The van der Waals surface area contributed by atoms with Crippen LogP contribution in [-0.2, 0) is 9.59 Å². The number of nitrogens with one attached hydrogen (secondary N) is 1. The van der Waals surface area contributed by atoms with E-state index in [-0.39, 0.29) is 36.0 Å². The molecule has 2 amide bonds. The lowest BCUT2D eigenvalue weighted by Crippen LogP contribution is -2.50. The summed E-state index contributed by atoms with van der Waals surface area (Å²) in [6.45, 7) is 3.46. The van der Waals surface area contributed by atoms with E-state index >= 15 is 0 Å². The Hall–Kier alpha value is -2.69. The van der Waals surface area contributed by atoms with Gasteiger partial charge in [0.25, 0.3) is 0 Å². The van der Waals surface area contributed by atoms with Gasteiger partial charge in [-0.2, -0.15) is 5.26 Å². The molecule has 0 unspecified atom stereocenters. The average molecular weight is 336 g/mol. The molecule has 0 radical (unpaired) electrons. The van der Waals surface area contributed by atoms with Crippen LogP contribution in [0.1, 0.15) is 18.9 Å². The summed E-state index contributed by atoms with van der Waals surface area (Å²) in [6, 6.07) is 3.55. The fraction of sp³-hybridized carbons (Fsp3) is 0.438. The monoisotopic (exact) mass is 336 g/mol. The van der Waals surface area contributed by atoms with Crippen molar-refractivity contribution in [1.82, 2.24) is 9.80 Å².